The van der Waals surface area contributed by atoms with Gasteiger partial charge in [-0.15, -0.1) is 0 Å². The largest absolute Gasteiger partial charge is 0.390 e. The summed E-state index contributed by atoms with van der Waals surface area (Å²) in [7, 11) is 0. The molecule has 0 heterocycles. The molecule has 0 amide bonds. The topological polar surface area (TPSA) is 40.5 Å². The van der Waals surface area contributed by atoms with Crippen LogP contribution in [0.25, 0.3) is 0 Å². The molecule has 0 bridgehead atoms. The lowest BCUT2D eigenvalue weighted by molar-refractivity contribution is -0.0801. The van der Waals surface area contributed by atoms with Gasteiger partial charge in [0, 0.05) is 0 Å². The van der Waals surface area contributed by atoms with Gasteiger partial charge in [0.2, 0.25) is 0 Å². The predicted molar refractivity (Wildman–Crippen MR) is 69.6 cm³/mol. The van der Waals surface area contributed by atoms with Crippen LogP contribution in [0.4, 0.5) is 0 Å². The number of aliphatic hydroxyl groups is 2. The van der Waals surface area contributed by atoms with Crippen molar-refractivity contribution in [3.8, 4) is 0 Å². The fourth-order valence-electron chi connectivity index (χ4n) is 3.70. The predicted octanol–water partition coefficient (Wildman–Crippen LogP) is 2.89. The Morgan fingerprint density at radius 2 is 1.88 bits per heavy atom. The molecule has 0 aliphatic heterocycles. The Labute approximate surface area is 105 Å². The molecule has 0 aromatic rings. The smallest absolute Gasteiger partial charge is 0.0877 e. The van der Waals surface area contributed by atoms with E-state index in [2.05, 4.69) is 20.4 Å². The monoisotopic (exact) mass is 238 g/mol. The summed E-state index contributed by atoms with van der Waals surface area (Å²) in [5.74, 6) is 1.25. The number of fused-ring (bicyclic) bond motifs is 1. The molecule has 98 valence electrons. The Hall–Kier alpha value is -0.340. The van der Waals surface area contributed by atoms with Crippen LogP contribution in [-0.2, 0) is 0 Å². The van der Waals surface area contributed by atoms with Crippen molar-refractivity contribution in [2.45, 2.75) is 64.6 Å². The lowest BCUT2D eigenvalue weighted by Crippen LogP contribution is -2.45. The second-order valence-corrected chi connectivity index (χ2v) is 7.01. The van der Waals surface area contributed by atoms with Crippen molar-refractivity contribution < 1.29 is 10.2 Å². The lowest BCUT2D eigenvalue weighted by atomic mass is 9.52. The molecule has 2 rings (SSSR count). The van der Waals surface area contributed by atoms with Gasteiger partial charge >= 0.3 is 0 Å². The molecule has 2 fully saturated rings. The molecular formula is C15H26O2. The van der Waals surface area contributed by atoms with Gasteiger partial charge in [-0.05, 0) is 56.3 Å². The van der Waals surface area contributed by atoms with Crippen molar-refractivity contribution in [1.82, 2.24) is 0 Å². The molecule has 2 nitrogen and oxygen atoms in total. The van der Waals surface area contributed by atoms with Crippen LogP contribution in [0, 0.1) is 17.3 Å². The van der Waals surface area contributed by atoms with Gasteiger partial charge in [0.05, 0.1) is 11.7 Å². The van der Waals surface area contributed by atoms with Gasteiger partial charge in [0.15, 0.2) is 0 Å². The zero-order valence-corrected chi connectivity index (χ0v) is 11.4. The number of allylic oxidation sites excluding steroid dienone is 1. The van der Waals surface area contributed by atoms with E-state index >= 15 is 0 Å². The highest BCUT2D eigenvalue weighted by atomic mass is 16.3. The number of hydrogen-bond acceptors (Lipinski definition) is 2. The summed E-state index contributed by atoms with van der Waals surface area (Å²) < 4.78 is 0. The first-order valence-corrected chi connectivity index (χ1v) is 6.82. The number of aliphatic hydroxyl groups excluding tert-OH is 1. The minimum Gasteiger partial charge on any atom is -0.390 e. The molecule has 0 saturated heterocycles. The van der Waals surface area contributed by atoms with Gasteiger partial charge in [0.25, 0.3) is 0 Å². The fraction of sp³-hybridized carbons (Fsp3) is 0.867. The Morgan fingerprint density at radius 3 is 2.47 bits per heavy atom. The average Bonchev–Trinajstić information content (AvgIpc) is 2.23. The second kappa shape index (κ2) is 4.10. The Kier molecular flexibility index (Phi) is 3.16. The highest BCUT2D eigenvalue weighted by Gasteiger charge is 2.49. The van der Waals surface area contributed by atoms with Gasteiger partial charge in [-0.25, -0.2) is 0 Å². The fourth-order valence-corrected chi connectivity index (χ4v) is 3.70. The van der Waals surface area contributed by atoms with Crippen molar-refractivity contribution in [3.05, 3.63) is 12.2 Å². The molecule has 0 spiro atoms. The minimum absolute atomic E-state index is 0.374. The van der Waals surface area contributed by atoms with E-state index in [-0.39, 0.29) is 0 Å². The summed E-state index contributed by atoms with van der Waals surface area (Å²) in [6, 6.07) is 0. The molecule has 2 N–H and O–H groups in total. The van der Waals surface area contributed by atoms with E-state index < -0.39 is 11.7 Å². The first-order chi connectivity index (χ1) is 7.74. The summed E-state index contributed by atoms with van der Waals surface area (Å²) >= 11 is 0. The van der Waals surface area contributed by atoms with Gasteiger partial charge < -0.3 is 10.2 Å². The van der Waals surface area contributed by atoms with Gasteiger partial charge in [-0.1, -0.05) is 26.0 Å². The van der Waals surface area contributed by atoms with Crippen molar-refractivity contribution in [2.75, 3.05) is 0 Å². The van der Waals surface area contributed by atoms with Crippen LogP contribution in [0.2, 0.25) is 0 Å². The molecule has 17 heavy (non-hydrogen) atoms. The molecule has 2 heteroatoms. The second-order valence-electron chi connectivity index (χ2n) is 7.01. The number of hydrogen-bond donors (Lipinski definition) is 2. The van der Waals surface area contributed by atoms with Crippen molar-refractivity contribution in [3.63, 3.8) is 0 Å². The lowest BCUT2D eigenvalue weighted by Gasteiger charge is -2.53. The van der Waals surface area contributed by atoms with Crippen LogP contribution in [0.1, 0.15) is 52.9 Å². The third kappa shape index (κ3) is 2.30. The highest BCUT2D eigenvalue weighted by Crippen LogP contribution is 2.57. The molecule has 2 aliphatic rings. The van der Waals surface area contributed by atoms with Crippen LogP contribution in [-0.4, -0.2) is 21.9 Å². The van der Waals surface area contributed by atoms with Crippen LogP contribution < -0.4 is 0 Å². The van der Waals surface area contributed by atoms with Crippen molar-refractivity contribution in [1.29, 1.82) is 0 Å². The maximum atomic E-state index is 10.3. The number of rotatable bonds is 0. The van der Waals surface area contributed by atoms with Gasteiger partial charge in [-0.3, -0.25) is 0 Å². The SMILES string of the molecule is C=C1CC[C@@H](O)[C@](C)(O)CC[C@@H]2[C@@H]1CC2(C)C. The van der Waals surface area contributed by atoms with Gasteiger partial charge in [-0.2, -0.15) is 0 Å². The Morgan fingerprint density at radius 1 is 1.24 bits per heavy atom. The molecule has 2 aliphatic carbocycles. The van der Waals surface area contributed by atoms with E-state index in [1.807, 2.05) is 0 Å². The summed E-state index contributed by atoms with van der Waals surface area (Å²) in [5, 5.41) is 20.3. The summed E-state index contributed by atoms with van der Waals surface area (Å²) in [6.07, 6.45) is 3.81. The van der Waals surface area contributed by atoms with E-state index in [1.54, 1.807) is 6.92 Å². The van der Waals surface area contributed by atoms with Crippen LogP contribution in [0.3, 0.4) is 0 Å². The van der Waals surface area contributed by atoms with E-state index in [0.717, 1.165) is 12.8 Å². The first-order valence-electron chi connectivity index (χ1n) is 6.82. The summed E-state index contributed by atoms with van der Waals surface area (Å²) in [5.41, 5.74) is 0.728. The van der Waals surface area contributed by atoms with E-state index in [1.165, 1.54) is 12.0 Å². The molecule has 0 aromatic carbocycles. The molecule has 4 atom stereocenters. The quantitative estimate of drug-likeness (QED) is 0.637. The maximum Gasteiger partial charge on any atom is 0.0877 e. The Bertz CT molecular complexity index is 317. The molecular weight excluding hydrogens is 212 g/mol. The third-order valence-corrected chi connectivity index (χ3v) is 5.18. The van der Waals surface area contributed by atoms with Crippen LogP contribution >= 0.6 is 0 Å². The van der Waals surface area contributed by atoms with E-state index in [4.69, 9.17) is 0 Å². The standard InChI is InChI=1S/C15H26O2/c1-10-5-6-13(16)15(4,17)8-7-12-11(10)9-14(12,2)3/h11-13,16-17H,1,5-9H2,2-4H3/t11-,12-,13-,15-/m1/s1. The molecule has 0 aromatic heterocycles. The minimum atomic E-state index is -0.930. The first kappa shape index (κ1) is 13.1. The zero-order valence-electron chi connectivity index (χ0n) is 11.4. The maximum absolute atomic E-state index is 10.3. The van der Waals surface area contributed by atoms with E-state index in [9.17, 15) is 10.2 Å². The zero-order chi connectivity index (χ0) is 12.8. The summed E-state index contributed by atoms with van der Waals surface area (Å²) in [4.78, 5) is 0. The van der Waals surface area contributed by atoms with Gasteiger partial charge in [0.1, 0.15) is 0 Å². The Balaban J connectivity index is 2.15. The van der Waals surface area contributed by atoms with Crippen LogP contribution in [0.5, 0.6) is 0 Å². The van der Waals surface area contributed by atoms with Crippen molar-refractivity contribution >= 4 is 0 Å². The average molecular weight is 238 g/mol. The highest BCUT2D eigenvalue weighted by molar-refractivity contribution is 5.14. The van der Waals surface area contributed by atoms with E-state index in [0.29, 0.717) is 30.1 Å². The molecule has 2 saturated carbocycles. The van der Waals surface area contributed by atoms with Crippen molar-refractivity contribution in [2.24, 2.45) is 17.3 Å². The molecule has 0 radical (unpaired) electrons. The summed E-state index contributed by atoms with van der Waals surface area (Å²) in [6.45, 7) is 10.6. The normalized spacial score (nSPS) is 46.2. The molecule has 0 unspecified atom stereocenters. The van der Waals surface area contributed by atoms with Crippen LogP contribution in [0.15, 0.2) is 12.2 Å². The third-order valence-electron chi connectivity index (χ3n) is 5.18.